The molecule has 0 fully saturated rings. The van der Waals surface area contributed by atoms with Gasteiger partial charge in [0.15, 0.2) is 143 Å². The Morgan fingerprint density at radius 1 is 0.362 bits per heavy atom. The van der Waals surface area contributed by atoms with Gasteiger partial charge in [-0.25, -0.2) is 4.79 Å². The van der Waals surface area contributed by atoms with Gasteiger partial charge < -0.3 is 124 Å². The lowest BCUT2D eigenvalue weighted by Gasteiger charge is -2.12. The third kappa shape index (κ3) is 54.5. The summed E-state index contributed by atoms with van der Waals surface area (Å²) in [5.41, 5.74) is 0. The minimum Gasteiger partial charge on any atom is -0.480 e. The molecule has 0 spiro atoms. The highest BCUT2D eigenvalue weighted by molar-refractivity contribution is 5.83. The molecule has 0 radical (unpaired) electrons. The maximum atomic E-state index is 11.9. The molecular weight excluding hydrogens is 946 g/mol. The predicted molar refractivity (Wildman–Crippen MR) is 221 cm³/mol. The Bertz CT molecular complexity index is 1150. The number of carbonyl (C=O) groups is 4. The summed E-state index contributed by atoms with van der Waals surface area (Å²) in [6, 6.07) is -1.09. The fraction of sp³-hybridized carbons (Fsp3) is 0.897. The molecule has 0 saturated carbocycles. The number of hydrogen-bond acceptors (Lipinski definition) is 28. The number of ketones is 2. The SMILES string of the molecule is CC(=O)N[C@@H](CCC(=O)CCCOCOCOCOCOCOCOCOCOCOCOCOCOCOCOCOCOCOCOCOCOCOCOCOCCC(=O)C(C)C)C(=O)O. The van der Waals surface area contributed by atoms with Gasteiger partial charge in [-0.2, -0.15) is 0 Å². The standard InChI is InChI=1S/C39H73NO29/c1-34(2)38(43)8-10-47-12-49-14-51-16-53-18-55-20-57-22-59-24-61-26-63-28-65-30-67-32-69-33-68-31-66-29-64-27-62-25-60-23-58-21-56-19-54-17-52-15-50-13-48-11-46-9-4-5-36(42)6-7-37(39(44)45)40-35(3)41/h34,37H,4-33H2,1-3H3,(H,40,41)(H,44,45)/t37-/m0/s1. The van der Waals surface area contributed by atoms with Gasteiger partial charge in [0.1, 0.15) is 31.2 Å². The fourth-order valence-corrected chi connectivity index (χ4v) is 3.99. The van der Waals surface area contributed by atoms with Crippen molar-refractivity contribution in [3.63, 3.8) is 0 Å². The van der Waals surface area contributed by atoms with E-state index in [9.17, 15) is 19.2 Å². The zero-order chi connectivity index (χ0) is 50.4. The third-order valence-corrected chi connectivity index (χ3v) is 7.10. The zero-order valence-corrected chi connectivity index (χ0v) is 39.7. The van der Waals surface area contributed by atoms with Gasteiger partial charge in [-0.3, -0.25) is 14.4 Å². The summed E-state index contributed by atoms with van der Waals surface area (Å²) in [7, 11) is 0. The first-order valence-corrected chi connectivity index (χ1v) is 21.1. The van der Waals surface area contributed by atoms with Gasteiger partial charge in [-0.05, 0) is 12.8 Å². The van der Waals surface area contributed by atoms with Crippen LogP contribution >= 0.6 is 0 Å². The van der Waals surface area contributed by atoms with E-state index in [-0.39, 0.29) is 200 Å². The van der Waals surface area contributed by atoms with Gasteiger partial charge in [-0.15, -0.1) is 0 Å². The van der Waals surface area contributed by atoms with E-state index in [4.69, 9.17) is 119 Å². The third-order valence-electron chi connectivity index (χ3n) is 7.10. The lowest BCUT2D eigenvalue weighted by Crippen LogP contribution is -2.39. The lowest BCUT2D eigenvalue weighted by molar-refractivity contribution is -0.242. The van der Waals surface area contributed by atoms with Gasteiger partial charge in [0.05, 0.1) is 6.61 Å². The average molecular weight is 1020 g/mol. The highest BCUT2D eigenvalue weighted by atomic mass is 16.9. The average Bonchev–Trinajstić information content (AvgIpc) is 3.32. The van der Waals surface area contributed by atoms with Crippen LogP contribution in [-0.4, -0.2) is 204 Å². The Balaban J connectivity index is 3.16. The molecule has 0 bridgehead atoms. The molecule has 0 aromatic carbocycles. The second-order valence-corrected chi connectivity index (χ2v) is 13.2. The Morgan fingerprint density at radius 3 is 0.841 bits per heavy atom. The minimum absolute atomic E-state index is 0.00880. The van der Waals surface area contributed by atoms with E-state index in [0.717, 1.165) is 0 Å². The van der Waals surface area contributed by atoms with E-state index in [1.54, 1.807) is 0 Å². The monoisotopic (exact) mass is 1020 g/mol. The molecule has 0 aliphatic carbocycles. The van der Waals surface area contributed by atoms with Crippen molar-refractivity contribution in [3.05, 3.63) is 0 Å². The van der Waals surface area contributed by atoms with Crippen molar-refractivity contribution in [2.24, 2.45) is 5.92 Å². The molecule has 2 N–H and O–H groups in total. The maximum Gasteiger partial charge on any atom is 0.326 e. The molecule has 0 saturated heterocycles. The predicted octanol–water partition coefficient (Wildman–Crippen LogP) is 0.741. The summed E-state index contributed by atoms with van der Waals surface area (Å²) >= 11 is 0. The smallest absolute Gasteiger partial charge is 0.326 e. The van der Waals surface area contributed by atoms with Gasteiger partial charge in [0.25, 0.3) is 0 Å². The van der Waals surface area contributed by atoms with Crippen molar-refractivity contribution in [1.82, 2.24) is 5.32 Å². The summed E-state index contributed by atoms with van der Waals surface area (Å²) in [4.78, 5) is 45.5. The van der Waals surface area contributed by atoms with Crippen LogP contribution in [0.5, 0.6) is 0 Å². The molecule has 1 amide bonds. The summed E-state index contributed by atoms with van der Waals surface area (Å²) in [6.07, 6.45) is 1.06. The van der Waals surface area contributed by atoms with E-state index in [0.29, 0.717) is 19.4 Å². The summed E-state index contributed by atoms with van der Waals surface area (Å²) in [6.45, 7) is 3.57. The number of Topliss-reactive ketones (excluding diaryl/α,β-unsaturated/α-hetero) is 2. The summed E-state index contributed by atoms with van der Waals surface area (Å²) < 4.78 is 122. The van der Waals surface area contributed by atoms with Crippen molar-refractivity contribution in [2.75, 3.05) is 169 Å². The molecule has 0 aliphatic heterocycles. The van der Waals surface area contributed by atoms with Gasteiger partial charge >= 0.3 is 5.97 Å². The molecule has 1 atom stereocenters. The number of amides is 1. The van der Waals surface area contributed by atoms with Gasteiger partial charge in [-0.1, -0.05) is 13.8 Å². The first-order valence-electron chi connectivity index (χ1n) is 21.1. The molecule has 0 heterocycles. The van der Waals surface area contributed by atoms with E-state index in [1.807, 2.05) is 13.8 Å². The molecule has 0 aromatic heterocycles. The molecule has 408 valence electrons. The highest BCUT2D eigenvalue weighted by Gasteiger charge is 2.19. The molecule has 30 heteroatoms. The van der Waals surface area contributed by atoms with Crippen LogP contribution in [0.4, 0.5) is 0 Å². The molecule has 0 aromatic rings. The van der Waals surface area contributed by atoms with Crippen molar-refractivity contribution in [2.45, 2.75) is 58.9 Å². The quantitative estimate of drug-likeness (QED) is 0.0627. The molecule has 69 heavy (non-hydrogen) atoms. The molecule has 0 aliphatic rings. The number of ether oxygens (including phenoxy) is 24. The van der Waals surface area contributed by atoms with Crippen molar-refractivity contribution < 1.29 is 138 Å². The number of carboxylic acid groups (broad SMARTS) is 1. The van der Waals surface area contributed by atoms with Crippen molar-refractivity contribution in [1.29, 1.82) is 0 Å². The highest BCUT2D eigenvalue weighted by Crippen LogP contribution is 2.04. The van der Waals surface area contributed by atoms with Crippen LogP contribution in [0, 0.1) is 5.92 Å². The maximum absolute atomic E-state index is 11.9. The van der Waals surface area contributed by atoms with E-state index in [1.165, 1.54) is 6.92 Å². The first kappa shape index (κ1) is 66.3. The van der Waals surface area contributed by atoms with Crippen molar-refractivity contribution >= 4 is 23.4 Å². The summed E-state index contributed by atoms with van der Waals surface area (Å²) in [5.74, 6) is -1.66. The number of nitrogens with one attached hydrogen (secondary N) is 1. The first-order chi connectivity index (χ1) is 33.7. The van der Waals surface area contributed by atoms with Crippen LogP contribution in [0.1, 0.15) is 52.9 Å². The Morgan fingerprint density at radius 2 is 0.609 bits per heavy atom. The number of aliphatic carboxylic acids is 1. The lowest BCUT2D eigenvalue weighted by atomic mass is 10.1. The number of carbonyl (C=O) groups excluding carboxylic acids is 3. The molecule has 0 unspecified atom stereocenters. The van der Waals surface area contributed by atoms with Crippen LogP contribution in [0.3, 0.4) is 0 Å². The second-order valence-electron chi connectivity index (χ2n) is 13.2. The Labute approximate surface area is 400 Å². The Kier molecular flexibility index (Phi) is 52.5. The molecule has 0 rings (SSSR count). The van der Waals surface area contributed by atoms with E-state index in [2.05, 4.69) is 5.32 Å². The fourth-order valence-electron chi connectivity index (χ4n) is 3.99. The minimum atomic E-state index is -1.19. The largest absolute Gasteiger partial charge is 0.480 e. The number of hydrogen-bond donors (Lipinski definition) is 2. The summed E-state index contributed by atoms with van der Waals surface area (Å²) in [5, 5.41) is 11.3. The zero-order valence-electron chi connectivity index (χ0n) is 39.7. The van der Waals surface area contributed by atoms with E-state index < -0.39 is 17.9 Å². The van der Waals surface area contributed by atoms with Crippen LogP contribution in [0.2, 0.25) is 0 Å². The van der Waals surface area contributed by atoms with Crippen LogP contribution in [-0.2, 0) is 133 Å². The molecular formula is C39H73NO29. The Hall–Kier alpha value is -2.68. The second kappa shape index (κ2) is 54.6. The topological polar surface area (TPSA) is 322 Å². The number of rotatable bonds is 59. The van der Waals surface area contributed by atoms with Crippen LogP contribution in [0.25, 0.3) is 0 Å². The normalized spacial score (nSPS) is 12.0. The van der Waals surface area contributed by atoms with Gasteiger partial charge in [0, 0.05) is 38.7 Å². The van der Waals surface area contributed by atoms with Crippen LogP contribution in [0.15, 0.2) is 0 Å². The molecule has 30 nitrogen and oxygen atoms in total. The number of carboxylic acids is 1. The van der Waals surface area contributed by atoms with Gasteiger partial charge in [0.2, 0.25) is 5.91 Å². The van der Waals surface area contributed by atoms with Crippen molar-refractivity contribution in [3.8, 4) is 0 Å². The van der Waals surface area contributed by atoms with Crippen LogP contribution < -0.4 is 5.32 Å². The van der Waals surface area contributed by atoms with E-state index >= 15 is 0 Å².